The van der Waals surface area contributed by atoms with Crippen LogP contribution < -0.4 is 5.32 Å². The fourth-order valence-corrected chi connectivity index (χ4v) is 2.44. The molecule has 1 N–H and O–H groups in total. The highest BCUT2D eigenvalue weighted by Crippen LogP contribution is 2.14. The van der Waals surface area contributed by atoms with E-state index in [0.29, 0.717) is 0 Å². The van der Waals surface area contributed by atoms with Gasteiger partial charge in [0.05, 0.1) is 0 Å². The second-order valence-electron chi connectivity index (χ2n) is 7.11. The van der Waals surface area contributed by atoms with Gasteiger partial charge < -0.3 is 15.0 Å². The summed E-state index contributed by atoms with van der Waals surface area (Å²) in [6.45, 7) is 10.9. The van der Waals surface area contributed by atoms with Gasteiger partial charge in [0.1, 0.15) is 11.6 Å². The van der Waals surface area contributed by atoms with Gasteiger partial charge in [-0.1, -0.05) is 26.7 Å². The molecule has 2 amide bonds. The number of alkyl carbamates (subject to hydrolysis) is 1. The van der Waals surface area contributed by atoms with E-state index in [1.165, 1.54) is 12.8 Å². The largest absolute Gasteiger partial charge is 0.444 e. The predicted molar refractivity (Wildman–Crippen MR) is 83.0 cm³/mol. The standard InChI is InChI=1S/C16H30N2O3/c1-12(2)13(17-15(20)21-16(3,4)5)14(19)18-10-8-6-7-9-11-18/h12-13H,6-11H2,1-5H3,(H,17,20)/t13-/m1/s1. The van der Waals surface area contributed by atoms with Gasteiger partial charge in [-0.3, -0.25) is 4.79 Å². The Morgan fingerprint density at radius 1 is 1.05 bits per heavy atom. The molecule has 1 heterocycles. The molecule has 0 aliphatic carbocycles. The lowest BCUT2D eigenvalue weighted by atomic mass is 10.0. The van der Waals surface area contributed by atoms with Crippen molar-refractivity contribution in [2.45, 2.75) is 71.9 Å². The summed E-state index contributed by atoms with van der Waals surface area (Å²) in [5, 5.41) is 2.74. The van der Waals surface area contributed by atoms with Gasteiger partial charge in [0, 0.05) is 13.1 Å². The van der Waals surface area contributed by atoms with Crippen molar-refractivity contribution < 1.29 is 14.3 Å². The van der Waals surface area contributed by atoms with Crippen molar-refractivity contribution in [2.75, 3.05) is 13.1 Å². The van der Waals surface area contributed by atoms with Gasteiger partial charge in [-0.05, 0) is 39.5 Å². The zero-order valence-electron chi connectivity index (χ0n) is 14.1. The summed E-state index contributed by atoms with van der Waals surface area (Å²) in [5.41, 5.74) is -0.558. The molecular formula is C16H30N2O3. The first-order valence-corrected chi connectivity index (χ1v) is 7.99. The SMILES string of the molecule is CC(C)[C@@H](NC(=O)OC(C)(C)C)C(=O)N1CCCCCC1. The Bertz CT molecular complexity index is 353. The molecule has 5 heteroatoms. The minimum Gasteiger partial charge on any atom is -0.444 e. The highest BCUT2D eigenvalue weighted by molar-refractivity contribution is 5.86. The Morgan fingerprint density at radius 2 is 1.57 bits per heavy atom. The fraction of sp³-hybridized carbons (Fsp3) is 0.875. The van der Waals surface area contributed by atoms with Crippen LogP contribution in [0.25, 0.3) is 0 Å². The molecule has 1 aliphatic heterocycles. The first-order chi connectivity index (χ1) is 9.70. The predicted octanol–water partition coefficient (Wildman–Crippen LogP) is 2.94. The molecule has 1 saturated heterocycles. The zero-order chi connectivity index (χ0) is 16.0. The highest BCUT2D eigenvalue weighted by Gasteiger charge is 2.30. The number of nitrogens with one attached hydrogen (secondary N) is 1. The Morgan fingerprint density at radius 3 is 2.00 bits per heavy atom. The van der Waals surface area contributed by atoms with Crippen molar-refractivity contribution in [2.24, 2.45) is 5.92 Å². The van der Waals surface area contributed by atoms with Crippen molar-refractivity contribution in [3.63, 3.8) is 0 Å². The minimum absolute atomic E-state index is 0.0118. The Kier molecular flexibility index (Phi) is 6.49. The Hall–Kier alpha value is -1.26. The van der Waals surface area contributed by atoms with Crippen LogP contribution in [0.15, 0.2) is 0 Å². The maximum atomic E-state index is 12.6. The van der Waals surface area contributed by atoms with E-state index in [1.807, 2.05) is 39.5 Å². The van der Waals surface area contributed by atoms with Gasteiger partial charge in [-0.25, -0.2) is 4.79 Å². The van der Waals surface area contributed by atoms with Crippen molar-refractivity contribution in [3.05, 3.63) is 0 Å². The molecular weight excluding hydrogens is 268 g/mol. The van der Waals surface area contributed by atoms with E-state index < -0.39 is 17.7 Å². The van der Waals surface area contributed by atoms with Crippen molar-refractivity contribution in [1.82, 2.24) is 10.2 Å². The van der Waals surface area contributed by atoms with Crippen LogP contribution in [0.1, 0.15) is 60.3 Å². The van der Waals surface area contributed by atoms with E-state index in [4.69, 9.17) is 4.74 Å². The van der Waals surface area contributed by atoms with Gasteiger partial charge in [0.15, 0.2) is 0 Å². The van der Waals surface area contributed by atoms with E-state index in [1.54, 1.807) is 0 Å². The average Bonchev–Trinajstić information content (AvgIpc) is 2.61. The van der Waals surface area contributed by atoms with Crippen molar-refractivity contribution in [1.29, 1.82) is 0 Å². The van der Waals surface area contributed by atoms with Crippen LogP contribution in [0.4, 0.5) is 4.79 Å². The van der Waals surface area contributed by atoms with Crippen molar-refractivity contribution in [3.8, 4) is 0 Å². The summed E-state index contributed by atoms with van der Waals surface area (Å²) in [7, 11) is 0. The fourth-order valence-electron chi connectivity index (χ4n) is 2.44. The number of hydrogen-bond acceptors (Lipinski definition) is 3. The normalized spacial score (nSPS) is 18.1. The highest BCUT2D eigenvalue weighted by atomic mass is 16.6. The number of ether oxygens (including phenoxy) is 1. The minimum atomic E-state index is -0.558. The summed E-state index contributed by atoms with van der Waals surface area (Å²) in [6.07, 6.45) is 3.92. The van der Waals surface area contributed by atoms with Crippen LogP contribution in [0, 0.1) is 5.92 Å². The number of nitrogens with zero attached hydrogens (tertiary/aromatic N) is 1. The smallest absolute Gasteiger partial charge is 0.408 e. The summed E-state index contributed by atoms with van der Waals surface area (Å²) in [6, 6.07) is -0.516. The molecule has 1 aliphatic rings. The van der Waals surface area contributed by atoms with E-state index in [-0.39, 0.29) is 11.8 Å². The van der Waals surface area contributed by atoms with Gasteiger partial charge in [0.2, 0.25) is 5.91 Å². The molecule has 0 aromatic heterocycles. The number of hydrogen-bond donors (Lipinski definition) is 1. The molecule has 0 aromatic rings. The molecule has 1 rings (SSSR count). The summed E-state index contributed by atoms with van der Waals surface area (Å²) in [4.78, 5) is 26.5. The second-order valence-corrected chi connectivity index (χ2v) is 7.11. The van der Waals surface area contributed by atoms with Crippen LogP contribution in [-0.2, 0) is 9.53 Å². The first kappa shape index (κ1) is 17.8. The molecule has 1 atom stereocenters. The number of amides is 2. The molecule has 1 fully saturated rings. The van der Waals surface area contributed by atoms with Gasteiger partial charge in [0.25, 0.3) is 0 Å². The number of likely N-dealkylation sites (tertiary alicyclic amines) is 1. The van der Waals surface area contributed by atoms with Crippen LogP contribution >= 0.6 is 0 Å². The van der Waals surface area contributed by atoms with E-state index in [2.05, 4.69) is 5.32 Å². The lowest BCUT2D eigenvalue weighted by molar-refractivity contribution is -0.134. The summed E-state index contributed by atoms with van der Waals surface area (Å²) < 4.78 is 5.26. The number of rotatable bonds is 3. The lowest BCUT2D eigenvalue weighted by Gasteiger charge is -2.30. The molecule has 0 aromatic carbocycles. The van der Waals surface area contributed by atoms with E-state index in [0.717, 1.165) is 25.9 Å². The van der Waals surface area contributed by atoms with Crippen LogP contribution in [-0.4, -0.2) is 41.6 Å². The molecule has 0 spiro atoms. The third-order valence-corrected chi connectivity index (χ3v) is 3.52. The molecule has 21 heavy (non-hydrogen) atoms. The Balaban J connectivity index is 2.67. The van der Waals surface area contributed by atoms with Crippen LogP contribution in [0.2, 0.25) is 0 Å². The molecule has 5 nitrogen and oxygen atoms in total. The van der Waals surface area contributed by atoms with Gasteiger partial charge in [-0.15, -0.1) is 0 Å². The molecule has 0 unspecified atom stereocenters. The molecule has 0 saturated carbocycles. The third-order valence-electron chi connectivity index (χ3n) is 3.52. The van der Waals surface area contributed by atoms with E-state index in [9.17, 15) is 9.59 Å². The monoisotopic (exact) mass is 298 g/mol. The third kappa shape index (κ3) is 6.36. The van der Waals surface area contributed by atoms with Crippen LogP contribution in [0.3, 0.4) is 0 Å². The average molecular weight is 298 g/mol. The maximum Gasteiger partial charge on any atom is 0.408 e. The quantitative estimate of drug-likeness (QED) is 0.871. The number of carbonyl (C=O) groups is 2. The number of carbonyl (C=O) groups excluding carboxylic acids is 2. The zero-order valence-corrected chi connectivity index (χ0v) is 14.1. The summed E-state index contributed by atoms with van der Waals surface area (Å²) >= 11 is 0. The second kappa shape index (κ2) is 7.66. The molecule has 122 valence electrons. The van der Waals surface area contributed by atoms with Gasteiger partial charge in [-0.2, -0.15) is 0 Å². The first-order valence-electron chi connectivity index (χ1n) is 7.99. The Labute approximate surface area is 128 Å². The lowest BCUT2D eigenvalue weighted by Crippen LogP contribution is -2.52. The molecule has 0 bridgehead atoms. The summed E-state index contributed by atoms with van der Waals surface area (Å²) in [5.74, 6) is 0.0473. The van der Waals surface area contributed by atoms with Crippen molar-refractivity contribution >= 4 is 12.0 Å². The van der Waals surface area contributed by atoms with E-state index >= 15 is 0 Å². The van der Waals surface area contributed by atoms with Crippen LogP contribution in [0.5, 0.6) is 0 Å². The topological polar surface area (TPSA) is 58.6 Å². The van der Waals surface area contributed by atoms with Gasteiger partial charge >= 0.3 is 6.09 Å². The molecule has 0 radical (unpaired) electrons. The maximum absolute atomic E-state index is 12.6.